The minimum atomic E-state index is -0.765. The zero-order valence-electron chi connectivity index (χ0n) is 17.0. The van der Waals surface area contributed by atoms with Crippen LogP contribution in [0.4, 0.5) is 0 Å². The van der Waals surface area contributed by atoms with Gasteiger partial charge < -0.3 is 24.1 Å². The van der Waals surface area contributed by atoms with Crippen molar-refractivity contribution < 1.29 is 24.1 Å². The van der Waals surface area contributed by atoms with Gasteiger partial charge in [0.25, 0.3) is 0 Å². The maximum atomic E-state index is 11.0. The predicted octanol–water partition coefficient (Wildman–Crippen LogP) is 3.88. The molecule has 0 bridgehead atoms. The van der Waals surface area contributed by atoms with E-state index in [0.29, 0.717) is 32.8 Å². The fourth-order valence-electron chi connectivity index (χ4n) is 3.16. The number of hydrogen-bond donors (Lipinski definition) is 1. The summed E-state index contributed by atoms with van der Waals surface area (Å²) in [6, 6.07) is 0. The first-order valence-corrected chi connectivity index (χ1v) is 10.4. The molecule has 5 unspecified atom stereocenters. The molecule has 0 aromatic rings. The Hall–Kier alpha value is -0.460. The van der Waals surface area contributed by atoms with Crippen LogP contribution in [0.3, 0.4) is 0 Å². The third-order valence-corrected chi connectivity index (χ3v) is 4.75. The summed E-state index contributed by atoms with van der Waals surface area (Å²) in [7, 11) is 0. The second-order valence-electron chi connectivity index (χ2n) is 7.03. The Bertz CT molecular complexity index is 349. The van der Waals surface area contributed by atoms with Crippen LogP contribution in [0.1, 0.15) is 65.7 Å². The van der Waals surface area contributed by atoms with E-state index in [1.54, 1.807) is 6.08 Å². The van der Waals surface area contributed by atoms with E-state index < -0.39 is 12.2 Å². The molecule has 5 atom stereocenters. The first-order chi connectivity index (χ1) is 12.7. The van der Waals surface area contributed by atoms with Crippen LogP contribution in [0.2, 0.25) is 0 Å². The van der Waals surface area contributed by atoms with Crippen LogP contribution in [0, 0.1) is 0 Å². The molecule has 0 aromatic heterocycles. The summed E-state index contributed by atoms with van der Waals surface area (Å²) in [5, 5.41) is 11.0. The van der Waals surface area contributed by atoms with E-state index in [9.17, 15) is 5.11 Å². The van der Waals surface area contributed by atoms with Gasteiger partial charge in [0.05, 0.1) is 18.8 Å². The van der Waals surface area contributed by atoms with E-state index in [0.717, 1.165) is 38.5 Å². The highest BCUT2D eigenvalue weighted by molar-refractivity contribution is 4.97. The quantitative estimate of drug-likeness (QED) is 0.349. The topological polar surface area (TPSA) is 57.2 Å². The van der Waals surface area contributed by atoms with Gasteiger partial charge in [-0.05, 0) is 19.3 Å². The Morgan fingerprint density at radius 1 is 0.808 bits per heavy atom. The number of hydrogen-bond acceptors (Lipinski definition) is 5. The smallest absolute Gasteiger partial charge is 0.113 e. The van der Waals surface area contributed by atoms with Crippen LogP contribution in [-0.2, 0) is 18.9 Å². The zero-order valence-corrected chi connectivity index (χ0v) is 17.0. The van der Waals surface area contributed by atoms with Crippen molar-refractivity contribution in [2.75, 3.05) is 26.4 Å². The summed E-state index contributed by atoms with van der Waals surface area (Å²) in [5.74, 6) is 0. The molecule has 5 nitrogen and oxygen atoms in total. The van der Waals surface area contributed by atoms with Crippen LogP contribution >= 0.6 is 0 Å². The molecular formula is C21H40O5. The van der Waals surface area contributed by atoms with Crippen molar-refractivity contribution in [2.24, 2.45) is 0 Å². The summed E-state index contributed by atoms with van der Waals surface area (Å²) in [6.45, 7) is 12.5. The third-order valence-electron chi connectivity index (χ3n) is 4.75. The molecule has 0 aromatic carbocycles. The third kappa shape index (κ3) is 8.05. The molecule has 1 rings (SSSR count). The molecular weight excluding hydrogens is 332 g/mol. The Morgan fingerprint density at radius 2 is 1.27 bits per heavy atom. The number of aliphatic hydroxyl groups excluding tert-OH is 1. The lowest BCUT2D eigenvalue weighted by atomic mass is 9.86. The average molecular weight is 373 g/mol. The molecule has 0 heterocycles. The SMILES string of the molecule is C=CCOC1C(OCCCC)CC(OCCCC)C(OCCCC)C1O. The predicted molar refractivity (Wildman–Crippen MR) is 105 cm³/mol. The molecule has 0 amide bonds. The molecule has 1 saturated carbocycles. The molecule has 1 N–H and O–H groups in total. The molecule has 0 saturated heterocycles. The molecule has 154 valence electrons. The van der Waals surface area contributed by atoms with Crippen molar-refractivity contribution >= 4 is 0 Å². The fraction of sp³-hybridized carbons (Fsp3) is 0.905. The van der Waals surface area contributed by atoms with Crippen molar-refractivity contribution in [3.05, 3.63) is 12.7 Å². The Balaban J connectivity index is 2.81. The number of rotatable bonds is 15. The number of ether oxygens (including phenoxy) is 4. The van der Waals surface area contributed by atoms with E-state index in [1.165, 1.54) is 0 Å². The van der Waals surface area contributed by atoms with E-state index in [1.807, 2.05) is 0 Å². The molecule has 0 radical (unpaired) electrons. The second kappa shape index (κ2) is 14.6. The van der Waals surface area contributed by atoms with E-state index >= 15 is 0 Å². The standard InChI is InChI=1S/C21H40O5/c1-5-9-13-23-17-16-18(24-14-10-6-2)21(26-15-11-7-3)19(22)20(17)25-12-8-4/h8,17-22H,4-7,9-16H2,1-3H3. The van der Waals surface area contributed by atoms with Crippen molar-refractivity contribution in [2.45, 2.75) is 96.2 Å². The number of unbranched alkanes of at least 4 members (excludes halogenated alkanes) is 3. The van der Waals surface area contributed by atoms with Gasteiger partial charge in [0, 0.05) is 26.2 Å². The van der Waals surface area contributed by atoms with Gasteiger partial charge in [-0.1, -0.05) is 46.1 Å². The van der Waals surface area contributed by atoms with Gasteiger partial charge >= 0.3 is 0 Å². The Morgan fingerprint density at radius 3 is 1.73 bits per heavy atom. The first-order valence-electron chi connectivity index (χ1n) is 10.4. The van der Waals surface area contributed by atoms with Crippen molar-refractivity contribution in [3.63, 3.8) is 0 Å². The Labute approximate surface area is 160 Å². The van der Waals surface area contributed by atoms with Gasteiger partial charge in [0.1, 0.15) is 18.3 Å². The lowest BCUT2D eigenvalue weighted by Crippen LogP contribution is -2.59. The molecule has 1 aliphatic carbocycles. The molecule has 5 heteroatoms. The summed E-state index contributed by atoms with van der Waals surface area (Å²) < 4.78 is 24.0. The Kier molecular flexibility index (Phi) is 13.2. The van der Waals surface area contributed by atoms with Crippen molar-refractivity contribution in [3.8, 4) is 0 Å². The highest BCUT2D eigenvalue weighted by Crippen LogP contribution is 2.30. The van der Waals surface area contributed by atoms with Crippen LogP contribution in [0.25, 0.3) is 0 Å². The van der Waals surface area contributed by atoms with Gasteiger partial charge in [0.15, 0.2) is 0 Å². The van der Waals surface area contributed by atoms with Crippen LogP contribution < -0.4 is 0 Å². The fourth-order valence-corrected chi connectivity index (χ4v) is 3.16. The minimum Gasteiger partial charge on any atom is -0.387 e. The maximum Gasteiger partial charge on any atom is 0.113 e. The summed E-state index contributed by atoms with van der Waals surface area (Å²) >= 11 is 0. The van der Waals surface area contributed by atoms with E-state index in [-0.39, 0.29) is 18.3 Å². The van der Waals surface area contributed by atoms with Crippen LogP contribution in [0.5, 0.6) is 0 Å². The summed E-state index contributed by atoms with van der Waals surface area (Å²) in [5.41, 5.74) is 0. The highest BCUT2D eigenvalue weighted by atomic mass is 16.6. The van der Waals surface area contributed by atoms with Crippen LogP contribution in [0.15, 0.2) is 12.7 Å². The average Bonchev–Trinajstić information content (AvgIpc) is 2.64. The van der Waals surface area contributed by atoms with Gasteiger partial charge in [-0.3, -0.25) is 0 Å². The van der Waals surface area contributed by atoms with Gasteiger partial charge in [-0.2, -0.15) is 0 Å². The molecule has 0 aliphatic heterocycles. The lowest BCUT2D eigenvalue weighted by Gasteiger charge is -2.44. The van der Waals surface area contributed by atoms with Crippen molar-refractivity contribution in [1.29, 1.82) is 0 Å². The molecule has 0 spiro atoms. The molecule has 26 heavy (non-hydrogen) atoms. The van der Waals surface area contributed by atoms with Gasteiger partial charge in [-0.25, -0.2) is 0 Å². The van der Waals surface area contributed by atoms with Crippen LogP contribution in [-0.4, -0.2) is 62.1 Å². The maximum absolute atomic E-state index is 11.0. The monoisotopic (exact) mass is 372 g/mol. The van der Waals surface area contributed by atoms with E-state index in [2.05, 4.69) is 27.4 Å². The normalized spacial score (nSPS) is 29.0. The van der Waals surface area contributed by atoms with E-state index in [4.69, 9.17) is 18.9 Å². The first kappa shape index (κ1) is 23.6. The summed E-state index contributed by atoms with van der Waals surface area (Å²) in [4.78, 5) is 0. The zero-order chi connectivity index (χ0) is 19.2. The minimum absolute atomic E-state index is 0.163. The molecule has 1 aliphatic rings. The largest absolute Gasteiger partial charge is 0.387 e. The number of aliphatic hydroxyl groups is 1. The second-order valence-corrected chi connectivity index (χ2v) is 7.03. The summed E-state index contributed by atoms with van der Waals surface area (Å²) in [6.07, 6.45) is 6.67. The lowest BCUT2D eigenvalue weighted by molar-refractivity contribution is -0.224. The highest BCUT2D eigenvalue weighted by Gasteiger charge is 2.46. The van der Waals surface area contributed by atoms with Crippen molar-refractivity contribution in [1.82, 2.24) is 0 Å². The van der Waals surface area contributed by atoms with Gasteiger partial charge in [0.2, 0.25) is 0 Å². The van der Waals surface area contributed by atoms with Gasteiger partial charge in [-0.15, -0.1) is 6.58 Å². The molecule has 1 fully saturated rings.